The quantitative estimate of drug-likeness (QED) is 0.795. The van der Waals surface area contributed by atoms with Crippen molar-refractivity contribution in [1.29, 1.82) is 0 Å². The molecule has 0 aromatic heterocycles. The van der Waals surface area contributed by atoms with Gasteiger partial charge in [0.15, 0.2) is 0 Å². The zero-order chi connectivity index (χ0) is 19.6. The van der Waals surface area contributed by atoms with E-state index in [4.69, 9.17) is 0 Å². The maximum atomic E-state index is 13.1. The highest BCUT2D eigenvalue weighted by Gasteiger charge is 2.58. The fourth-order valence-electron chi connectivity index (χ4n) is 4.21. The van der Waals surface area contributed by atoms with Crippen LogP contribution in [0.1, 0.15) is 36.8 Å². The average molecular weight is 377 g/mol. The van der Waals surface area contributed by atoms with E-state index in [2.05, 4.69) is 29.6 Å². The van der Waals surface area contributed by atoms with Gasteiger partial charge in [-0.15, -0.1) is 0 Å². The topological polar surface area (TPSA) is 49.4 Å². The first kappa shape index (κ1) is 18.7. The Labute approximate surface area is 166 Å². The number of nitrogens with zero attached hydrogens (tertiary/aromatic N) is 1. The third-order valence-corrected chi connectivity index (χ3v) is 6.26. The summed E-state index contributed by atoms with van der Waals surface area (Å²) in [7, 11) is 0. The minimum Gasteiger partial charge on any atom is -0.342 e. The van der Waals surface area contributed by atoms with Crippen molar-refractivity contribution in [3.8, 4) is 0 Å². The number of hydrogen-bond donors (Lipinski definition) is 1. The van der Waals surface area contributed by atoms with E-state index in [1.807, 2.05) is 42.2 Å². The van der Waals surface area contributed by atoms with Crippen LogP contribution in [-0.4, -0.2) is 29.8 Å². The molecule has 0 bridgehead atoms. The number of hydrogen-bond acceptors (Lipinski definition) is 2. The number of aryl methyl sites for hydroxylation is 1. The van der Waals surface area contributed by atoms with Crippen molar-refractivity contribution in [3.05, 3.63) is 65.7 Å². The lowest BCUT2D eigenvalue weighted by atomic mass is 9.89. The van der Waals surface area contributed by atoms with E-state index in [0.29, 0.717) is 18.8 Å². The summed E-state index contributed by atoms with van der Waals surface area (Å²) in [6.45, 7) is 3.49. The molecule has 1 saturated heterocycles. The van der Waals surface area contributed by atoms with Crippen LogP contribution in [0.15, 0.2) is 54.6 Å². The van der Waals surface area contributed by atoms with E-state index in [1.165, 1.54) is 5.56 Å². The molecular formula is C24H28N2O2. The Bertz CT molecular complexity index is 850. The first-order chi connectivity index (χ1) is 13.6. The maximum Gasteiger partial charge on any atom is 0.240 e. The minimum atomic E-state index is -0.839. The number of piperidine rings is 1. The van der Waals surface area contributed by atoms with Gasteiger partial charge in [-0.3, -0.25) is 9.59 Å². The molecule has 146 valence electrons. The molecule has 2 aromatic carbocycles. The second kappa shape index (κ2) is 7.78. The summed E-state index contributed by atoms with van der Waals surface area (Å²) in [6, 6.07) is 18.3. The SMILES string of the molecule is Cc1ccccc1NC(=O)C1(C(=O)N2CCC(Cc3ccccc3)CC2)CC1. The van der Waals surface area contributed by atoms with Crippen molar-refractivity contribution in [2.75, 3.05) is 18.4 Å². The zero-order valence-electron chi connectivity index (χ0n) is 16.5. The van der Waals surface area contributed by atoms with E-state index in [-0.39, 0.29) is 11.8 Å². The smallest absolute Gasteiger partial charge is 0.240 e. The fraction of sp³-hybridized carbons (Fsp3) is 0.417. The molecule has 0 spiro atoms. The lowest BCUT2D eigenvalue weighted by molar-refractivity contribution is -0.143. The van der Waals surface area contributed by atoms with Crippen LogP contribution in [0.3, 0.4) is 0 Å². The summed E-state index contributed by atoms with van der Waals surface area (Å²) in [4.78, 5) is 27.9. The molecule has 2 amide bonds. The van der Waals surface area contributed by atoms with Gasteiger partial charge in [0.2, 0.25) is 11.8 Å². The van der Waals surface area contributed by atoms with Gasteiger partial charge in [-0.05, 0) is 62.1 Å². The summed E-state index contributed by atoms with van der Waals surface area (Å²) in [6.07, 6.45) is 4.41. The average Bonchev–Trinajstić information content (AvgIpc) is 3.53. The molecule has 0 atom stereocenters. The predicted molar refractivity (Wildman–Crippen MR) is 111 cm³/mol. The zero-order valence-corrected chi connectivity index (χ0v) is 16.5. The summed E-state index contributed by atoms with van der Waals surface area (Å²) in [5.74, 6) is 0.498. The Balaban J connectivity index is 1.34. The van der Waals surface area contributed by atoms with Crippen LogP contribution >= 0.6 is 0 Å². The van der Waals surface area contributed by atoms with Gasteiger partial charge in [-0.25, -0.2) is 0 Å². The van der Waals surface area contributed by atoms with E-state index >= 15 is 0 Å². The molecule has 28 heavy (non-hydrogen) atoms. The summed E-state index contributed by atoms with van der Waals surface area (Å²) in [5, 5.41) is 2.99. The third-order valence-electron chi connectivity index (χ3n) is 6.26. The molecule has 4 nitrogen and oxygen atoms in total. The van der Waals surface area contributed by atoms with Gasteiger partial charge < -0.3 is 10.2 Å². The van der Waals surface area contributed by atoms with Gasteiger partial charge in [-0.2, -0.15) is 0 Å². The predicted octanol–water partition coefficient (Wildman–Crippen LogP) is 4.20. The van der Waals surface area contributed by atoms with Crippen LogP contribution in [0.4, 0.5) is 5.69 Å². The van der Waals surface area contributed by atoms with Crippen LogP contribution in [0.25, 0.3) is 0 Å². The lowest BCUT2D eigenvalue weighted by Gasteiger charge is -2.34. The Morgan fingerprint density at radius 3 is 2.29 bits per heavy atom. The van der Waals surface area contributed by atoms with Crippen LogP contribution < -0.4 is 5.32 Å². The number of para-hydroxylation sites is 1. The van der Waals surface area contributed by atoms with Crippen molar-refractivity contribution in [3.63, 3.8) is 0 Å². The Morgan fingerprint density at radius 2 is 1.64 bits per heavy atom. The fourth-order valence-corrected chi connectivity index (χ4v) is 4.21. The second-order valence-corrected chi connectivity index (χ2v) is 8.28. The maximum absolute atomic E-state index is 13.1. The summed E-state index contributed by atoms with van der Waals surface area (Å²) >= 11 is 0. The number of carbonyl (C=O) groups excluding carboxylic acids is 2. The third kappa shape index (κ3) is 3.82. The number of rotatable bonds is 5. The highest BCUT2D eigenvalue weighted by atomic mass is 16.2. The number of anilines is 1. The molecule has 2 aliphatic rings. The van der Waals surface area contributed by atoms with Crippen molar-refractivity contribution in [1.82, 2.24) is 4.90 Å². The Kier molecular flexibility index (Phi) is 5.21. The van der Waals surface area contributed by atoms with Gasteiger partial charge in [0.05, 0.1) is 0 Å². The molecule has 4 rings (SSSR count). The first-order valence-electron chi connectivity index (χ1n) is 10.3. The van der Waals surface area contributed by atoms with Crippen LogP contribution in [0, 0.1) is 18.3 Å². The first-order valence-corrected chi connectivity index (χ1v) is 10.3. The molecular weight excluding hydrogens is 348 g/mol. The van der Waals surface area contributed by atoms with Crippen LogP contribution in [-0.2, 0) is 16.0 Å². The van der Waals surface area contributed by atoms with Crippen molar-refractivity contribution in [2.24, 2.45) is 11.3 Å². The molecule has 1 aliphatic carbocycles. The highest BCUT2D eigenvalue weighted by molar-refractivity contribution is 6.13. The summed E-state index contributed by atoms with van der Waals surface area (Å²) in [5.41, 5.74) is 2.34. The molecule has 1 saturated carbocycles. The van der Waals surface area contributed by atoms with E-state index in [9.17, 15) is 9.59 Å². The second-order valence-electron chi connectivity index (χ2n) is 8.28. The monoisotopic (exact) mass is 376 g/mol. The molecule has 0 unspecified atom stereocenters. The lowest BCUT2D eigenvalue weighted by Crippen LogP contribution is -2.46. The number of carbonyl (C=O) groups is 2. The van der Waals surface area contributed by atoms with Gasteiger partial charge in [0, 0.05) is 18.8 Å². The Morgan fingerprint density at radius 1 is 1.00 bits per heavy atom. The molecule has 4 heteroatoms. The van der Waals surface area contributed by atoms with Gasteiger partial charge in [0.25, 0.3) is 0 Å². The molecule has 0 radical (unpaired) electrons. The van der Waals surface area contributed by atoms with E-state index in [0.717, 1.165) is 43.6 Å². The summed E-state index contributed by atoms with van der Waals surface area (Å²) < 4.78 is 0. The minimum absolute atomic E-state index is 0.0248. The number of likely N-dealkylation sites (tertiary alicyclic amines) is 1. The van der Waals surface area contributed by atoms with Crippen molar-refractivity contribution >= 4 is 17.5 Å². The molecule has 1 heterocycles. The normalized spacial score (nSPS) is 18.5. The highest BCUT2D eigenvalue weighted by Crippen LogP contribution is 2.48. The van der Waals surface area contributed by atoms with Crippen LogP contribution in [0.2, 0.25) is 0 Å². The molecule has 1 aliphatic heterocycles. The van der Waals surface area contributed by atoms with Gasteiger partial charge >= 0.3 is 0 Å². The number of nitrogens with one attached hydrogen (secondary N) is 1. The Hall–Kier alpha value is -2.62. The van der Waals surface area contributed by atoms with Gasteiger partial charge in [0.1, 0.15) is 5.41 Å². The van der Waals surface area contributed by atoms with Crippen molar-refractivity contribution in [2.45, 2.75) is 39.0 Å². The number of amides is 2. The molecule has 2 aromatic rings. The van der Waals surface area contributed by atoms with E-state index < -0.39 is 5.41 Å². The number of benzene rings is 2. The van der Waals surface area contributed by atoms with Gasteiger partial charge in [-0.1, -0.05) is 48.5 Å². The largest absolute Gasteiger partial charge is 0.342 e. The van der Waals surface area contributed by atoms with Crippen molar-refractivity contribution < 1.29 is 9.59 Å². The molecule has 2 fully saturated rings. The molecule has 1 N–H and O–H groups in total. The van der Waals surface area contributed by atoms with Crippen LogP contribution in [0.5, 0.6) is 0 Å². The standard InChI is InChI=1S/C24H28N2O2/c1-18-7-5-6-10-21(18)25-22(27)24(13-14-24)23(28)26-15-11-20(12-16-26)17-19-8-3-2-4-9-19/h2-10,20H,11-17H2,1H3,(H,25,27). The van der Waals surface area contributed by atoms with E-state index in [1.54, 1.807) is 0 Å².